The van der Waals surface area contributed by atoms with Crippen LogP contribution in [-0.2, 0) is 16.8 Å². The molecule has 0 aliphatic carbocycles. The highest BCUT2D eigenvalue weighted by Crippen LogP contribution is 2.37. The summed E-state index contributed by atoms with van der Waals surface area (Å²) in [7, 11) is 0. The molecule has 3 N–H and O–H groups in total. The van der Waals surface area contributed by atoms with Gasteiger partial charge in [0.15, 0.2) is 0 Å². The monoisotopic (exact) mass is 506 g/mol. The predicted molar refractivity (Wildman–Crippen MR) is 145 cm³/mol. The van der Waals surface area contributed by atoms with Crippen molar-refractivity contribution in [1.29, 1.82) is 0 Å². The van der Waals surface area contributed by atoms with Crippen LogP contribution in [0.5, 0.6) is 5.75 Å². The summed E-state index contributed by atoms with van der Waals surface area (Å²) in [6, 6.07) is 20.2. The summed E-state index contributed by atoms with van der Waals surface area (Å²) in [4.78, 5) is 15.7. The molecule has 3 aromatic rings. The Morgan fingerprint density at radius 2 is 1.89 bits per heavy atom. The van der Waals surface area contributed by atoms with Crippen LogP contribution in [0, 0.1) is 0 Å². The standard InChI is InChI=1S/C28H27ClN2O3S/c1-28(2,34)23-9-4-3-6-19(23)10-13-27(33)30-25-17-21(11-12-24(25)29)31-14-15-35-26(18-31)20-7-5-8-22(32)16-20/h3-9,11-12,14-18,32,34H,10,13H2,1-2H3,(H,30,33). The average Bonchev–Trinajstić information content (AvgIpc) is 2.84. The maximum Gasteiger partial charge on any atom is 0.224 e. The molecule has 7 heteroatoms. The second-order valence-electron chi connectivity index (χ2n) is 8.78. The summed E-state index contributed by atoms with van der Waals surface area (Å²) in [5.74, 6) is 0.0575. The van der Waals surface area contributed by atoms with Crippen molar-refractivity contribution in [2.75, 3.05) is 10.2 Å². The third-order valence-electron chi connectivity index (χ3n) is 5.62. The van der Waals surface area contributed by atoms with E-state index in [1.54, 1.807) is 43.8 Å². The predicted octanol–water partition coefficient (Wildman–Crippen LogP) is 6.87. The van der Waals surface area contributed by atoms with E-state index in [-0.39, 0.29) is 18.1 Å². The smallest absolute Gasteiger partial charge is 0.224 e. The van der Waals surface area contributed by atoms with Crippen molar-refractivity contribution in [1.82, 2.24) is 0 Å². The lowest BCUT2D eigenvalue weighted by molar-refractivity contribution is -0.116. The molecule has 0 unspecified atom stereocenters. The number of hydrogen-bond acceptors (Lipinski definition) is 5. The van der Waals surface area contributed by atoms with Gasteiger partial charge in [0.05, 0.1) is 16.3 Å². The van der Waals surface area contributed by atoms with Crippen molar-refractivity contribution >= 4 is 45.5 Å². The molecule has 1 aliphatic heterocycles. The maximum atomic E-state index is 12.8. The van der Waals surface area contributed by atoms with Gasteiger partial charge in [-0.1, -0.05) is 59.8 Å². The molecule has 3 aromatic carbocycles. The molecule has 1 aliphatic rings. The number of aryl methyl sites for hydroxylation is 1. The molecule has 180 valence electrons. The number of aliphatic hydroxyl groups is 1. The topological polar surface area (TPSA) is 72.8 Å². The van der Waals surface area contributed by atoms with Crippen LogP contribution in [-0.4, -0.2) is 16.1 Å². The van der Waals surface area contributed by atoms with E-state index in [2.05, 4.69) is 5.32 Å². The Balaban J connectivity index is 1.48. The molecule has 0 atom stereocenters. The van der Waals surface area contributed by atoms with Crippen LogP contribution in [0.1, 0.15) is 37.0 Å². The van der Waals surface area contributed by atoms with Gasteiger partial charge in [-0.2, -0.15) is 0 Å². The van der Waals surface area contributed by atoms with E-state index in [1.165, 1.54) is 0 Å². The van der Waals surface area contributed by atoms with Crippen molar-refractivity contribution in [3.05, 3.63) is 106 Å². The number of benzene rings is 3. The van der Waals surface area contributed by atoms with Gasteiger partial charge in [0, 0.05) is 29.4 Å². The van der Waals surface area contributed by atoms with Crippen molar-refractivity contribution in [2.24, 2.45) is 0 Å². The molecule has 0 bridgehead atoms. The van der Waals surface area contributed by atoms with Crippen LogP contribution < -0.4 is 10.2 Å². The number of thioether (sulfide) groups is 1. The number of nitrogens with one attached hydrogen (secondary N) is 1. The minimum atomic E-state index is -0.976. The lowest BCUT2D eigenvalue weighted by Gasteiger charge is -2.23. The maximum absolute atomic E-state index is 12.8. The fourth-order valence-corrected chi connectivity index (χ4v) is 4.84. The van der Waals surface area contributed by atoms with Crippen molar-refractivity contribution in [3.8, 4) is 5.75 Å². The molecule has 35 heavy (non-hydrogen) atoms. The molecule has 0 saturated carbocycles. The molecule has 0 saturated heterocycles. The first kappa shape index (κ1) is 24.9. The average molecular weight is 507 g/mol. The number of nitrogens with zero attached hydrogens (tertiary/aromatic N) is 1. The van der Waals surface area contributed by atoms with E-state index < -0.39 is 5.60 Å². The van der Waals surface area contributed by atoms with Crippen LogP contribution >= 0.6 is 23.4 Å². The Hall–Kier alpha value is -3.19. The molecular weight excluding hydrogens is 480 g/mol. The number of anilines is 2. The zero-order valence-electron chi connectivity index (χ0n) is 19.5. The van der Waals surface area contributed by atoms with E-state index in [0.29, 0.717) is 17.1 Å². The van der Waals surface area contributed by atoms with E-state index in [9.17, 15) is 15.0 Å². The Morgan fingerprint density at radius 1 is 1.09 bits per heavy atom. The van der Waals surface area contributed by atoms with Gasteiger partial charge in [-0.15, -0.1) is 0 Å². The lowest BCUT2D eigenvalue weighted by Crippen LogP contribution is -2.19. The molecule has 0 aromatic heterocycles. The number of aromatic hydroxyl groups is 1. The molecule has 0 spiro atoms. The van der Waals surface area contributed by atoms with Gasteiger partial charge in [0.1, 0.15) is 5.75 Å². The highest BCUT2D eigenvalue weighted by Gasteiger charge is 2.20. The van der Waals surface area contributed by atoms with Crippen molar-refractivity contribution in [3.63, 3.8) is 0 Å². The number of phenolic OH excluding ortho intramolecular Hbond substituents is 1. The van der Waals surface area contributed by atoms with Crippen LogP contribution in [0.25, 0.3) is 4.91 Å². The van der Waals surface area contributed by atoms with Gasteiger partial charge in [0.25, 0.3) is 0 Å². The van der Waals surface area contributed by atoms with Gasteiger partial charge in [-0.3, -0.25) is 4.79 Å². The Kier molecular flexibility index (Phi) is 7.55. The first-order valence-corrected chi connectivity index (χ1v) is 12.5. The zero-order chi connectivity index (χ0) is 25.0. The summed E-state index contributed by atoms with van der Waals surface area (Å²) >= 11 is 7.95. The number of amides is 1. The minimum absolute atomic E-state index is 0.157. The second-order valence-corrected chi connectivity index (χ2v) is 10.1. The van der Waals surface area contributed by atoms with Gasteiger partial charge < -0.3 is 20.4 Å². The van der Waals surface area contributed by atoms with Crippen molar-refractivity contribution in [2.45, 2.75) is 32.3 Å². The number of carbonyl (C=O) groups excluding carboxylic acids is 1. The van der Waals surface area contributed by atoms with E-state index in [1.807, 2.05) is 71.2 Å². The molecular formula is C28H27ClN2O3S. The summed E-state index contributed by atoms with van der Waals surface area (Å²) in [5.41, 5.74) is 3.07. The second kappa shape index (κ2) is 10.6. The quantitative estimate of drug-likeness (QED) is 0.326. The van der Waals surface area contributed by atoms with Crippen LogP contribution in [0.3, 0.4) is 0 Å². The molecule has 5 nitrogen and oxygen atoms in total. The third-order valence-corrected chi connectivity index (χ3v) is 6.81. The Labute approximate surface area is 214 Å². The Bertz CT molecular complexity index is 1300. The molecule has 0 radical (unpaired) electrons. The fourth-order valence-electron chi connectivity index (χ4n) is 3.90. The number of halogens is 1. The van der Waals surface area contributed by atoms with Crippen LogP contribution in [0.15, 0.2) is 84.5 Å². The number of phenols is 1. The minimum Gasteiger partial charge on any atom is -0.508 e. The molecule has 4 rings (SSSR count). The molecule has 1 heterocycles. The first-order valence-electron chi connectivity index (χ1n) is 11.2. The lowest BCUT2D eigenvalue weighted by atomic mass is 9.91. The highest BCUT2D eigenvalue weighted by molar-refractivity contribution is 8.11. The number of carbonyl (C=O) groups is 1. The third kappa shape index (κ3) is 6.28. The van der Waals surface area contributed by atoms with E-state index >= 15 is 0 Å². The van der Waals surface area contributed by atoms with E-state index in [4.69, 9.17) is 11.6 Å². The summed E-state index contributed by atoms with van der Waals surface area (Å²) in [5, 5.41) is 25.6. The molecule has 0 fully saturated rings. The first-order chi connectivity index (χ1) is 16.7. The summed E-state index contributed by atoms with van der Waals surface area (Å²) in [6.07, 6.45) is 4.67. The molecule has 1 amide bonds. The van der Waals surface area contributed by atoms with Gasteiger partial charge >= 0.3 is 0 Å². The number of hydrogen-bond donors (Lipinski definition) is 3. The van der Waals surface area contributed by atoms with E-state index in [0.717, 1.165) is 27.3 Å². The summed E-state index contributed by atoms with van der Waals surface area (Å²) < 4.78 is 0. The highest BCUT2D eigenvalue weighted by atomic mass is 35.5. The zero-order valence-corrected chi connectivity index (χ0v) is 21.1. The normalized spacial score (nSPS) is 13.5. The SMILES string of the molecule is CC(C)(O)c1ccccc1CCC(=O)Nc1cc(N2C=CSC(c3cccc(O)c3)=C2)ccc1Cl. The largest absolute Gasteiger partial charge is 0.508 e. The van der Waals surface area contributed by atoms with Gasteiger partial charge in [0.2, 0.25) is 5.91 Å². The Morgan fingerprint density at radius 3 is 2.66 bits per heavy atom. The van der Waals surface area contributed by atoms with Crippen molar-refractivity contribution < 1.29 is 15.0 Å². The summed E-state index contributed by atoms with van der Waals surface area (Å²) in [6.45, 7) is 3.48. The van der Waals surface area contributed by atoms with Crippen LogP contribution in [0.2, 0.25) is 5.02 Å². The number of rotatable bonds is 7. The van der Waals surface area contributed by atoms with Crippen LogP contribution in [0.4, 0.5) is 11.4 Å². The fraction of sp³-hybridized carbons (Fsp3) is 0.179. The van der Waals surface area contributed by atoms with Gasteiger partial charge in [-0.25, -0.2) is 0 Å². The van der Waals surface area contributed by atoms with Gasteiger partial charge in [-0.05, 0) is 72.7 Å².